The predicted octanol–water partition coefficient (Wildman–Crippen LogP) is 1.63. The van der Waals surface area contributed by atoms with Crippen molar-refractivity contribution in [1.29, 1.82) is 0 Å². The summed E-state index contributed by atoms with van der Waals surface area (Å²) in [7, 11) is 0. The number of aromatic nitrogens is 2. The van der Waals surface area contributed by atoms with Gasteiger partial charge in [-0.2, -0.15) is 4.98 Å². The molecule has 0 radical (unpaired) electrons. The normalized spacial score (nSPS) is 14.4. The molecule has 2 heterocycles. The number of nitrogens with one attached hydrogen (secondary N) is 2. The van der Waals surface area contributed by atoms with Gasteiger partial charge in [-0.1, -0.05) is 0 Å². The smallest absolute Gasteiger partial charge is 0.229 e. The summed E-state index contributed by atoms with van der Waals surface area (Å²) in [5, 5.41) is 6.36. The van der Waals surface area contributed by atoms with Crippen LogP contribution in [0.3, 0.4) is 0 Å². The minimum atomic E-state index is -0.274. The van der Waals surface area contributed by atoms with Crippen LogP contribution in [0.25, 0.3) is 0 Å². The number of halogens is 1. The first-order chi connectivity index (χ1) is 9.72. The van der Waals surface area contributed by atoms with Crippen LogP contribution in [-0.2, 0) is 12.8 Å². The minimum Gasteiger partial charge on any atom is -0.383 e. The van der Waals surface area contributed by atoms with Gasteiger partial charge in [0.15, 0.2) is 0 Å². The van der Waals surface area contributed by atoms with Gasteiger partial charge in [0.25, 0.3) is 0 Å². The lowest BCUT2D eigenvalue weighted by atomic mass is 10.1. The maximum atomic E-state index is 12.9. The van der Waals surface area contributed by atoms with Crippen molar-refractivity contribution in [2.24, 2.45) is 0 Å². The molecule has 104 valence electrons. The first kappa shape index (κ1) is 12.8. The van der Waals surface area contributed by atoms with Gasteiger partial charge in [-0.25, -0.2) is 9.37 Å². The van der Waals surface area contributed by atoms with E-state index >= 15 is 0 Å². The van der Waals surface area contributed by atoms with Crippen molar-refractivity contribution >= 4 is 17.5 Å². The Labute approximate surface area is 116 Å². The van der Waals surface area contributed by atoms with Gasteiger partial charge in [0, 0.05) is 24.2 Å². The zero-order valence-corrected chi connectivity index (χ0v) is 11.0. The van der Waals surface area contributed by atoms with Crippen LogP contribution in [0.5, 0.6) is 0 Å². The van der Waals surface area contributed by atoms with Gasteiger partial charge in [0.2, 0.25) is 5.95 Å². The van der Waals surface area contributed by atoms with E-state index in [2.05, 4.69) is 20.6 Å². The minimum absolute atomic E-state index is 0.274. The zero-order valence-electron chi connectivity index (χ0n) is 11.0. The molecule has 1 aromatic heterocycles. The van der Waals surface area contributed by atoms with Crippen LogP contribution in [0.4, 0.5) is 21.8 Å². The average molecular weight is 273 g/mol. The summed E-state index contributed by atoms with van der Waals surface area (Å²) >= 11 is 0. The number of benzene rings is 1. The quantitative estimate of drug-likeness (QED) is 0.775. The molecule has 1 aliphatic heterocycles. The summed E-state index contributed by atoms with van der Waals surface area (Å²) < 4.78 is 12.9. The monoisotopic (exact) mass is 273 g/mol. The Morgan fingerprint density at radius 1 is 1.10 bits per heavy atom. The molecule has 4 N–H and O–H groups in total. The number of hydrogen-bond acceptors (Lipinski definition) is 5. The number of rotatable bonds is 2. The Morgan fingerprint density at radius 3 is 2.65 bits per heavy atom. The van der Waals surface area contributed by atoms with E-state index in [9.17, 15) is 4.39 Å². The molecule has 0 spiro atoms. The molecule has 5 nitrogen and oxygen atoms in total. The van der Waals surface area contributed by atoms with Crippen molar-refractivity contribution < 1.29 is 4.39 Å². The van der Waals surface area contributed by atoms with Crippen LogP contribution >= 0.6 is 0 Å². The van der Waals surface area contributed by atoms with E-state index in [1.165, 1.54) is 12.1 Å². The fourth-order valence-corrected chi connectivity index (χ4v) is 2.29. The maximum absolute atomic E-state index is 12.9. The highest BCUT2D eigenvalue weighted by atomic mass is 19.1. The molecule has 20 heavy (non-hydrogen) atoms. The molecule has 0 unspecified atom stereocenters. The van der Waals surface area contributed by atoms with E-state index in [-0.39, 0.29) is 5.82 Å². The van der Waals surface area contributed by atoms with Gasteiger partial charge in [0.1, 0.15) is 11.6 Å². The third-order valence-corrected chi connectivity index (χ3v) is 3.32. The molecular weight excluding hydrogens is 257 g/mol. The van der Waals surface area contributed by atoms with Crippen molar-refractivity contribution in [3.8, 4) is 0 Å². The fraction of sp³-hybridized carbons (Fsp3) is 0.286. The third-order valence-electron chi connectivity index (χ3n) is 3.32. The van der Waals surface area contributed by atoms with Crippen molar-refractivity contribution in [1.82, 2.24) is 15.3 Å². The Morgan fingerprint density at radius 2 is 1.85 bits per heavy atom. The number of hydrogen-bond donors (Lipinski definition) is 3. The number of anilines is 3. The molecule has 3 rings (SSSR count). The van der Waals surface area contributed by atoms with Gasteiger partial charge in [-0.05, 0) is 37.2 Å². The van der Waals surface area contributed by atoms with E-state index in [0.717, 1.165) is 42.9 Å². The lowest BCUT2D eigenvalue weighted by molar-refractivity contribution is 0.628. The first-order valence-electron chi connectivity index (χ1n) is 6.61. The van der Waals surface area contributed by atoms with Gasteiger partial charge in [-0.15, -0.1) is 0 Å². The van der Waals surface area contributed by atoms with Gasteiger partial charge < -0.3 is 16.4 Å². The Kier molecular flexibility index (Phi) is 3.47. The largest absolute Gasteiger partial charge is 0.383 e. The molecule has 0 bridgehead atoms. The summed E-state index contributed by atoms with van der Waals surface area (Å²) in [4.78, 5) is 8.80. The van der Waals surface area contributed by atoms with E-state index in [0.29, 0.717) is 11.8 Å². The first-order valence-corrected chi connectivity index (χ1v) is 6.61. The molecule has 0 saturated heterocycles. The summed E-state index contributed by atoms with van der Waals surface area (Å²) in [6.07, 6.45) is 1.68. The molecule has 0 fully saturated rings. The summed E-state index contributed by atoms with van der Waals surface area (Å²) in [5.74, 6) is 0.696. The summed E-state index contributed by atoms with van der Waals surface area (Å²) in [5.41, 5.74) is 8.75. The van der Waals surface area contributed by atoms with Crippen molar-refractivity contribution in [3.63, 3.8) is 0 Å². The second-order valence-electron chi connectivity index (χ2n) is 4.74. The Balaban J connectivity index is 1.89. The number of nitrogens with zero attached hydrogens (tertiary/aromatic N) is 2. The van der Waals surface area contributed by atoms with E-state index in [4.69, 9.17) is 5.73 Å². The number of fused-ring (bicyclic) bond motifs is 1. The van der Waals surface area contributed by atoms with Crippen LogP contribution in [-0.4, -0.2) is 23.1 Å². The highest BCUT2D eigenvalue weighted by Gasteiger charge is 2.14. The third kappa shape index (κ3) is 2.70. The molecule has 1 aromatic carbocycles. The molecule has 0 amide bonds. The maximum Gasteiger partial charge on any atom is 0.229 e. The SMILES string of the molecule is Nc1nc(Nc2ccc(F)cc2)nc2c1CCNCC2. The predicted molar refractivity (Wildman–Crippen MR) is 76.4 cm³/mol. The highest BCUT2D eigenvalue weighted by molar-refractivity contribution is 5.56. The topological polar surface area (TPSA) is 75.9 Å². The molecule has 1 aliphatic rings. The second kappa shape index (κ2) is 5.42. The molecule has 0 atom stereocenters. The van der Waals surface area contributed by atoms with Crippen LogP contribution in [0, 0.1) is 5.82 Å². The Bertz CT molecular complexity index is 612. The van der Waals surface area contributed by atoms with Crippen molar-refractivity contribution in [3.05, 3.63) is 41.3 Å². The molecule has 2 aromatic rings. The molecular formula is C14H16FN5. The van der Waals surface area contributed by atoms with Crippen LogP contribution < -0.4 is 16.4 Å². The van der Waals surface area contributed by atoms with Crippen molar-refractivity contribution in [2.75, 3.05) is 24.1 Å². The van der Waals surface area contributed by atoms with Crippen LogP contribution in [0.15, 0.2) is 24.3 Å². The lowest BCUT2D eigenvalue weighted by Gasteiger charge is -2.11. The lowest BCUT2D eigenvalue weighted by Crippen LogP contribution is -2.16. The van der Waals surface area contributed by atoms with Crippen LogP contribution in [0.2, 0.25) is 0 Å². The number of nitrogen functional groups attached to an aromatic ring is 1. The van der Waals surface area contributed by atoms with E-state index < -0.39 is 0 Å². The molecule has 0 saturated carbocycles. The van der Waals surface area contributed by atoms with Gasteiger partial charge in [-0.3, -0.25) is 0 Å². The standard InChI is InChI=1S/C14H16FN5/c15-9-1-3-10(4-2-9)18-14-19-12-6-8-17-7-5-11(12)13(16)20-14/h1-4,17H,5-8H2,(H3,16,18,19,20). The average Bonchev–Trinajstić information content (AvgIpc) is 2.67. The summed E-state index contributed by atoms with van der Waals surface area (Å²) in [6, 6.07) is 6.06. The fourth-order valence-electron chi connectivity index (χ4n) is 2.29. The van der Waals surface area contributed by atoms with Gasteiger partial charge >= 0.3 is 0 Å². The van der Waals surface area contributed by atoms with E-state index in [1.807, 2.05) is 0 Å². The number of nitrogens with two attached hydrogens (primary N) is 1. The zero-order chi connectivity index (χ0) is 13.9. The molecule has 6 heteroatoms. The van der Waals surface area contributed by atoms with Gasteiger partial charge in [0.05, 0.1) is 5.69 Å². The second-order valence-corrected chi connectivity index (χ2v) is 4.74. The van der Waals surface area contributed by atoms with Crippen molar-refractivity contribution in [2.45, 2.75) is 12.8 Å². The summed E-state index contributed by atoms with van der Waals surface area (Å²) in [6.45, 7) is 1.78. The van der Waals surface area contributed by atoms with E-state index in [1.54, 1.807) is 12.1 Å². The highest BCUT2D eigenvalue weighted by Crippen LogP contribution is 2.21. The Hall–Kier alpha value is -2.21. The van der Waals surface area contributed by atoms with Crippen LogP contribution in [0.1, 0.15) is 11.3 Å². The molecule has 0 aliphatic carbocycles.